The van der Waals surface area contributed by atoms with Gasteiger partial charge in [0.2, 0.25) is 5.91 Å². The van der Waals surface area contributed by atoms with E-state index in [-0.39, 0.29) is 11.8 Å². The van der Waals surface area contributed by atoms with Crippen LogP contribution in [0.3, 0.4) is 0 Å². The summed E-state index contributed by atoms with van der Waals surface area (Å²) in [5.41, 5.74) is 5.61. The quantitative estimate of drug-likeness (QED) is 0.771. The average molecular weight is 242 g/mol. The topological polar surface area (TPSA) is 46.3 Å². The Morgan fingerprint density at radius 3 is 2.19 bits per heavy atom. The molecular formula is C12H22N2OS. The summed E-state index contributed by atoms with van der Waals surface area (Å²) in [6.45, 7) is 3.71. The van der Waals surface area contributed by atoms with Gasteiger partial charge in [-0.2, -0.15) is 0 Å². The van der Waals surface area contributed by atoms with Crippen LogP contribution in [0.25, 0.3) is 0 Å². The summed E-state index contributed by atoms with van der Waals surface area (Å²) in [7, 11) is 0. The fourth-order valence-electron chi connectivity index (χ4n) is 2.19. The number of hydrogen-bond donors (Lipinski definition) is 1. The summed E-state index contributed by atoms with van der Waals surface area (Å²) < 4.78 is 0. The number of amides is 1. The minimum Gasteiger partial charge on any atom is -0.393 e. The van der Waals surface area contributed by atoms with E-state index in [2.05, 4.69) is 0 Å². The molecule has 0 saturated carbocycles. The van der Waals surface area contributed by atoms with Crippen molar-refractivity contribution in [3.05, 3.63) is 0 Å². The van der Waals surface area contributed by atoms with Crippen molar-refractivity contribution in [3.63, 3.8) is 0 Å². The minimum absolute atomic E-state index is 0.136. The summed E-state index contributed by atoms with van der Waals surface area (Å²) in [4.78, 5) is 14.5. The van der Waals surface area contributed by atoms with Gasteiger partial charge >= 0.3 is 0 Å². The van der Waals surface area contributed by atoms with Gasteiger partial charge in [-0.1, -0.05) is 38.4 Å². The van der Waals surface area contributed by atoms with Crippen molar-refractivity contribution < 1.29 is 4.79 Å². The second-order valence-corrected chi connectivity index (χ2v) is 4.93. The summed E-state index contributed by atoms with van der Waals surface area (Å²) in [5, 5.41) is 0. The number of thiocarbonyl (C=S) groups is 1. The van der Waals surface area contributed by atoms with E-state index in [0.717, 1.165) is 25.9 Å². The zero-order valence-corrected chi connectivity index (χ0v) is 10.9. The molecule has 1 amide bonds. The van der Waals surface area contributed by atoms with Gasteiger partial charge in [-0.05, 0) is 19.3 Å². The van der Waals surface area contributed by atoms with Gasteiger partial charge in [-0.3, -0.25) is 4.79 Å². The third-order valence-corrected chi connectivity index (χ3v) is 3.50. The lowest BCUT2D eigenvalue weighted by Crippen LogP contribution is -2.42. The first-order valence-electron chi connectivity index (χ1n) is 6.25. The van der Waals surface area contributed by atoms with Crippen LogP contribution in [0.15, 0.2) is 0 Å². The fourth-order valence-corrected chi connectivity index (χ4v) is 2.45. The van der Waals surface area contributed by atoms with E-state index in [4.69, 9.17) is 18.0 Å². The molecule has 2 N–H and O–H groups in total. The van der Waals surface area contributed by atoms with E-state index in [1.807, 2.05) is 11.8 Å². The van der Waals surface area contributed by atoms with Gasteiger partial charge in [0, 0.05) is 13.1 Å². The molecule has 0 spiro atoms. The van der Waals surface area contributed by atoms with Crippen LogP contribution in [0.2, 0.25) is 0 Å². The Balaban J connectivity index is 2.58. The van der Waals surface area contributed by atoms with E-state index >= 15 is 0 Å². The molecule has 1 aliphatic heterocycles. The molecule has 1 unspecified atom stereocenters. The molecule has 0 aliphatic carbocycles. The van der Waals surface area contributed by atoms with Crippen LogP contribution >= 0.6 is 12.2 Å². The van der Waals surface area contributed by atoms with Gasteiger partial charge in [0.1, 0.15) is 0 Å². The Labute approximate surface area is 103 Å². The molecule has 16 heavy (non-hydrogen) atoms. The molecule has 0 aromatic carbocycles. The number of rotatable bonds is 3. The second-order valence-electron chi connectivity index (χ2n) is 4.46. The highest BCUT2D eigenvalue weighted by Crippen LogP contribution is 2.15. The molecule has 1 saturated heterocycles. The Morgan fingerprint density at radius 2 is 1.75 bits per heavy atom. The van der Waals surface area contributed by atoms with E-state index in [1.165, 1.54) is 19.3 Å². The second kappa shape index (κ2) is 6.84. The third kappa shape index (κ3) is 3.74. The summed E-state index contributed by atoms with van der Waals surface area (Å²) in [6, 6.07) is 0. The molecule has 1 heterocycles. The summed E-state index contributed by atoms with van der Waals surface area (Å²) >= 11 is 4.95. The Bertz CT molecular complexity index is 247. The molecule has 1 atom stereocenters. The average Bonchev–Trinajstić information content (AvgIpc) is 2.16. The Morgan fingerprint density at radius 1 is 1.25 bits per heavy atom. The number of likely N-dealkylation sites (tertiary alicyclic amines) is 1. The van der Waals surface area contributed by atoms with E-state index in [1.54, 1.807) is 0 Å². The molecule has 1 fully saturated rings. The molecule has 0 bridgehead atoms. The molecule has 0 radical (unpaired) electrons. The van der Waals surface area contributed by atoms with Gasteiger partial charge < -0.3 is 10.6 Å². The normalized spacial score (nSPS) is 19.7. The van der Waals surface area contributed by atoms with E-state index in [0.29, 0.717) is 11.4 Å². The van der Waals surface area contributed by atoms with Crippen LogP contribution in [-0.4, -0.2) is 28.9 Å². The smallest absolute Gasteiger partial charge is 0.232 e. The molecule has 1 rings (SSSR count). The lowest BCUT2D eigenvalue weighted by atomic mass is 10.0. The molecular weight excluding hydrogens is 220 g/mol. The predicted octanol–water partition coefficient (Wildman–Crippen LogP) is 2.09. The van der Waals surface area contributed by atoms with Crippen LogP contribution in [-0.2, 0) is 4.79 Å². The number of hydrogen-bond acceptors (Lipinski definition) is 2. The van der Waals surface area contributed by atoms with Crippen LogP contribution in [0, 0.1) is 5.92 Å². The maximum absolute atomic E-state index is 12.2. The van der Waals surface area contributed by atoms with Crippen molar-refractivity contribution in [2.24, 2.45) is 11.7 Å². The maximum atomic E-state index is 12.2. The highest BCUT2D eigenvalue weighted by atomic mass is 32.1. The Hall–Kier alpha value is -0.640. The molecule has 1 aliphatic rings. The summed E-state index contributed by atoms with van der Waals surface area (Å²) in [5.74, 6) is -0.119. The number of carbonyl (C=O) groups is 1. The number of nitrogens with zero attached hydrogens (tertiary/aromatic N) is 1. The molecule has 92 valence electrons. The van der Waals surface area contributed by atoms with Crippen molar-refractivity contribution in [3.8, 4) is 0 Å². The van der Waals surface area contributed by atoms with Gasteiger partial charge in [0.05, 0.1) is 10.9 Å². The van der Waals surface area contributed by atoms with Crippen LogP contribution in [0.4, 0.5) is 0 Å². The standard InChI is InChI=1S/C12H22N2OS/c1-2-10(11(13)16)12(15)14-8-6-4-3-5-7-9-14/h10H,2-9H2,1H3,(H2,13,16). The highest BCUT2D eigenvalue weighted by molar-refractivity contribution is 7.80. The van der Waals surface area contributed by atoms with Crippen LogP contribution < -0.4 is 5.73 Å². The third-order valence-electron chi connectivity index (χ3n) is 3.22. The monoisotopic (exact) mass is 242 g/mol. The van der Waals surface area contributed by atoms with Gasteiger partial charge in [-0.25, -0.2) is 0 Å². The fraction of sp³-hybridized carbons (Fsp3) is 0.833. The predicted molar refractivity (Wildman–Crippen MR) is 70.2 cm³/mol. The van der Waals surface area contributed by atoms with E-state index in [9.17, 15) is 4.79 Å². The minimum atomic E-state index is -0.255. The van der Waals surface area contributed by atoms with E-state index < -0.39 is 0 Å². The van der Waals surface area contributed by atoms with Crippen molar-refractivity contribution in [1.82, 2.24) is 4.90 Å². The van der Waals surface area contributed by atoms with Crippen molar-refractivity contribution >= 4 is 23.1 Å². The number of nitrogens with two attached hydrogens (primary N) is 1. The van der Waals surface area contributed by atoms with Crippen molar-refractivity contribution in [2.75, 3.05) is 13.1 Å². The van der Waals surface area contributed by atoms with Crippen LogP contribution in [0.1, 0.15) is 45.4 Å². The molecule has 0 aromatic rings. The first-order chi connectivity index (χ1) is 7.66. The lowest BCUT2D eigenvalue weighted by molar-refractivity contribution is -0.133. The largest absolute Gasteiger partial charge is 0.393 e. The highest BCUT2D eigenvalue weighted by Gasteiger charge is 2.24. The zero-order valence-electron chi connectivity index (χ0n) is 10.1. The molecule has 3 nitrogen and oxygen atoms in total. The Kier molecular flexibility index (Phi) is 5.74. The zero-order chi connectivity index (χ0) is 12.0. The SMILES string of the molecule is CCC(C(=O)N1CCCCCCC1)C(N)=S. The van der Waals surface area contributed by atoms with Gasteiger partial charge in [0.25, 0.3) is 0 Å². The first-order valence-corrected chi connectivity index (χ1v) is 6.65. The van der Waals surface area contributed by atoms with Crippen molar-refractivity contribution in [2.45, 2.75) is 45.4 Å². The van der Waals surface area contributed by atoms with Crippen LogP contribution in [0.5, 0.6) is 0 Å². The summed E-state index contributed by atoms with van der Waals surface area (Å²) in [6.07, 6.45) is 6.69. The van der Waals surface area contributed by atoms with Gasteiger partial charge in [0.15, 0.2) is 0 Å². The molecule has 0 aromatic heterocycles. The number of carbonyl (C=O) groups excluding carboxylic acids is 1. The van der Waals surface area contributed by atoms with Crippen molar-refractivity contribution in [1.29, 1.82) is 0 Å². The molecule has 4 heteroatoms. The lowest BCUT2D eigenvalue weighted by Gasteiger charge is -2.28. The van der Waals surface area contributed by atoms with Gasteiger partial charge in [-0.15, -0.1) is 0 Å². The maximum Gasteiger partial charge on any atom is 0.232 e. The first kappa shape index (κ1) is 13.4.